The fourth-order valence-corrected chi connectivity index (χ4v) is 11.6. The van der Waals surface area contributed by atoms with Crippen LogP contribution in [0.2, 0.25) is 0 Å². The average molecular weight is 495 g/mol. The van der Waals surface area contributed by atoms with Gasteiger partial charge in [0.2, 0.25) is 0 Å². The molecule has 5 rings (SSSR count). The van der Waals surface area contributed by atoms with Crippen LogP contribution in [0.1, 0.15) is 24.6 Å². The van der Waals surface area contributed by atoms with Crippen LogP contribution in [0.3, 0.4) is 0 Å². The van der Waals surface area contributed by atoms with Gasteiger partial charge in [-0.3, -0.25) is 0 Å². The monoisotopic (exact) mass is 494 g/mol. The summed E-state index contributed by atoms with van der Waals surface area (Å²) < 4.78 is 0. The molecule has 0 N–H and O–H groups in total. The van der Waals surface area contributed by atoms with E-state index < -0.39 is 15.8 Å². The van der Waals surface area contributed by atoms with E-state index in [2.05, 4.69) is 141 Å². The van der Waals surface area contributed by atoms with E-state index in [4.69, 9.17) is 0 Å². The van der Waals surface area contributed by atoms with Crippen molar-refractivity contribution in [2.24, 2.45) is 0 Å². The molecule has 5 aromatic rings. The molecule has 34 heavy (non-hydrogen) atoms. The molecule has 1 heterocycles. The molecule has 0 unspecified atom stereocenters. The minimum atomic E-state index is -0.670. The van der Waals surface area contributed by atoms with Gasteiger partial charge < -0.3 is 0 Å². The molecule has 168 valence electrons. The third-order valence-corrected chi connectivity index (χ3v) is 12.6. The lowest BCUT2D eigenvalue weighted by atomic mass is 10.2. The first-order valence-electron chi connectivity index (χ1n) is 11.7. The van der Waals surface area contributed by atoms with Gasteiger partial charge in [-0.05, 0) is 43.0 Å². The van der Waals surface area contributed by atoms with Gasteiger partial charge in [0.25, 0.3) is 0 Å². The highest BCUT2D eigenvalue weighted by Gasteiger charge is 2.30. The highest BCUT2D eigenvalue weighted by molar-refractivity contribution is 7.86. The van der Waals surface area contributed by atoms with Gasteiger partial charge in [0.05, 0.1) is 0 Å². The first-order valence-corrected chi connectivity index (χ1v) is 15.2. The summed E-state index contributed by atoms with van der Waals surface area (Å²) in [5.74, 6) is 0.481. The molecule has 3 heteroatoms. The Morgan fingerprint density at radius 2 is 0.853 bits per heavy atom. The molecule has 0 saturated heterocycles. The van der Waals surface area contributed by atoms with Crippen LogP contribution in [0, 0.1) is 0 Å². The highest BCUT2D eigenvalue weighted by atomic mass is 32.1. The number of benzene rings is 4. The molecule has 0 atom stereocenters. The van der Waals surface area contributed by atoms with Crippen molar-refractivity contribution in [1.29, 1.82) is 0 Å². The van der Waals surface area contributed by atoms with E-state index in [1.165, 1.54) is 31.4 Å². The lowest BCUT2D eigenvalue weighted by Gasteiger charge is -2.26. The van der Waals surface area contributed by atoms with E-state index in [1.807, 2.05) is 11.3 Å². The summed E-state index contributed by atoms with van der Waals surface area (Å²) in [7, 11) is -1.33. The molecule has 1 aromatic heterocycles. The fraction of sp³-hybridized carbons (Fsp3) is 0.0968. The Balaban J connectivity index is 1.80. The molecule has 0 radical (unpaired) electrons. The van der Waals surface area contributed by atoms with Gasteiger partial charge in [0.15, 0.2) is 0 Å². The van der Waals surface area contributed by atoms with Crippen molar-refractivity contribution in [3.63, 3.8) is 0 Å². The zero-order chi connectivity index (χ0) is 23.3. The second kappa shape index (κ2) is 10.8. The van der Waals surface area contributed by atoms with Gasteiger partial charge in [-0.15, -0.1) is 11.3 Å². The molecule has 0 aliphatic carbocycles. The van der Waals surface area contributed by atoms with Gasteiger partial charge >= 0.3 is 0 Å². The van der Waals surface area contributed by atoms with Crippen LogP contribution >= 0.6 is 27.2 Å². The smallest absolute Gasteiger partial charge is 0.0161 e. The molecule has 0 spiro atoms. The molecule has 0 nitrogen and oxygen atoms in total. The predicted octanol–water partition coefficient (Wildman–Crippen LogP) is 6.39. The highest BCUT2D eigenvalue weighted by Crippen LogP contribution is 2.43. The molecule has 0 aliphatic heterocycles. The number of rotatable bonds is 7. The second-order valence-electron chi connectivity index (χ2n) is 8.50. The predicted molar refractivity (Wildman–Crippen MR) is 156 cm³/mol. The first kappa shape index (κ1) is 23.2. The molecule has 0 saturated carbocycles. The van der Waals surface area contributed by atoms with Crippen LogP contribution in [0.15, 0.2) is 127 Å². The molecular weight excluding hydrogens is 466 g/mol. The first-order chi connectivity index (χ1) is 16.7. The Hall–Kier alpha value is -2.56. The van der Waals surface area contributed by atoms with Crippen molar-refractivity contribution >= 4 is 59.0 Å². The average Bonchev–Trinajstić information content (AvgIpc) is 3.31. The standard InChI is InChI=1S/C31H28P2S/c1-24(2)31-30(33(27-19-11-5-12-20-27)28-21-13-6-14-22-28)29(23-34-31)32(25-15-7-3-8-16-25)26-17-9-4-10-18-26/h3-24H,1-2H3. The summed E-state index contributed by atoms with van der Waals surface area (Å²) in [6.45, 7) is 4.69. The van der Waals surface area contributed by atoms with Crippen LogP contribution in [0.25, 0.3) is 0 Å². The third kappa shape index (κ3) is 4.80. The molecule has 0 fully saturated rings. The van der Waals surface area contributed by atoms with Crippen LogP contribution in [0.5, 0.6) is 0 Å². The Morgan fingerprint density at radius 1 is 0.500 bits per heavy atom. The third-order valence-electron chi connectivity index (χ3n) is 5.82. The minimum absolute atomic E-state index is 0.481. The number of hydrogen-bond donors (Lipinski definition) is 0. The van der Waals surface area contributed by atoms with E-state index in [9.17, 15) is 0 Å². The normalized spacial score (nSPS) is 11.4. The summed E-state index contributed by atoms with van der Waals surface area (Å²) in [4.78, 5) is 1.52. The van der Waals surface area contributed by atoms with Crippen molar-refractivity contribution in [2.45, 2.75) is 19.8 Å². The van der Waals surface area contributed by atoms with Crippen molar-refractivity contribution < 1.29 is 0 Å². The van der Waals surface area contributed by atoms with Gasteiger partial charge in [-0.1, -0.05) is 135 Å². The van der Waals surface area contributed by atoms with E-state index in [0.717, 1.165) is 0 Å². The molecule has 0 aliphatic rings. The lowest BCUT2D eigenvalue weighted by Crippen LogP contribution is -2.34. The minimum Gasteiger partial charge on any atom is -0.147 e. The van der Waals surface area contributed by atoms with E-state index in [0.29, 0.717) is 5.92 Å². The van der Waals surface area contributed by atoms with Crippen molar-refractivity contribution in [3.8, 4) is 0 Å². The lowest BCUT2D eigenvalue weighted by molar-refractivity contribution is 0.896. The zero-order valence-corrected chi connectivity index (χ0v) is 22.1. The van der Waals surface area contributed by atoms with E-state index >= 15 is 0 Å². The maximum absolute atomic E-state index is 2.47. The molecule has 0 amide bonds. The van der Waals surface area contributed by atoms with Crippen molar-refractivity contribution in [2.75, 3.05) is 0 Å². The Labute approximate surface area is 209 Å². The van der Waals surface area contributed by atoms with Crippen molar-refractivity contribution in [1.82, 2.24) is 0 Å². The van der Waals surface area contributed by atoms with Gasteiger partial charge in [-0.2, -0.15) is 0 Å². The molecule has 0 bridgehead atoms. The van der Waals surface area contributed by atoms with Crippen LogP contribution < -0.4 is 31.8 Å². The SMILES string of the molecule is CC(C)c1scc(P(c2ccccc2)c2ccccc2)c1P(c1ccccc1)c1ccccc1. The number of hydrogen-bond acceptors (Lipinski definition) is 1. The van der Waals surface area contributed by atoms with Crippen LogP contribution in [-0.2, 0) is 0 Å². The topological polar surface area (TPSA) is 0 Å². The summed E-state index contributed by atoms with van der Waals surface area (Å²) >= 11 is 1.95. The number of thiophene rings is 1. The Bertz CT molecular complexity index is 1230. The Morgan fingerprint density at radius 3 is 1.21 bits per heavy atom. The molecular formula is C31H28P2S. The largest absolute Gasteiger partial charge is 0.147 e. The quantitative estimate of drug-likeness (QED) is 0.230. The van der Waals surface area contributed by atoms with Crippen LogP contribution in [0.4, 0.5) is 0 Å². The van der Waals surface area contributed by atoms with Gasteiger partial charge in [-0.25, -0.2) is 0 Å². The summed E-state index contributed by atoms with van der Waals surface area (Å²) in [6, 6.07) is 44.5. The maximum atomic E-state index is 2.47. The maximum Gasteiger partial charge on any atom is 0.0161 e. The van der Waals surface area contributed by atoms with Gasteiger partial charge in [0.1, 0.15) is 0 Å². The van der Waals surface area contributed by atoms with Gasteiger partial charge in [0, 0.05) is 20.9 Å². The summed E-state index contributed by atoms with van der Waals surface area (Å²) in [6.07, 6.45) is 0. The molecule has 4 aromatic carbocycles. The summed E-state index contributed by atoms with van der Waals surface area (Å²) in [5, 5.41) is 11.2. The van der Waals surface area contributed by atoms with Crippen molar-refractivity contribution in [3.05, 3.63) is 132 Å². The summed E-state index contributed by atoms with van der Waals surface area (Å²) in [5.41, 5.74) is 0. The zero-order valence-electron chi connectivity index (χ0n) is 19.5. The van der Waals surface area contributed by atoms with Crippen LogP contribution in [-0.4, -0.2) is 0 Å². The Kier molecular flexibility index (Phi) is 7.36. The van der Waals surface area contributed by atoms with E-state index in [-0.39, 0.29) is 0 Å². The van der Waals surface area contributed by atoms with E-state index in [1.54, 1.807) is 5.30 Å². The fourth-order valence-electron chi connectivity index (χ4n) is 4.29. The second-order valence-corrected chi connectivity index (χ2v) is 13.7.